The van der Waals surface area contributed by atoms with Crippen LogP contribution in [0.5, 0.6) is 5.75 Å². The summed E-state index contributed by atoms with van der Waals surface area (Å²) in [5, 5.41) is 4.10. The van der Waals surface area contributed by atoms with Gasteiger partial charge in [0.25, 0.3) is 5.91 Å². The van der Waals surface area contributed by atoms with E-state index in [4.69, 9.17) is 39.5 Å². The third-order valence-corrected chi connectivity index (χ3v) is 3.61. The highest BCUT2D eigenvalue weighted by atomic mass is 35.5. The van der Waals surface area contributed by atoms with E-state index in [1.807, 2.05) is 0 Å². The molecule has 0 saturated heterocycles. The standard InChI is InChI=1S/C15H12Cl3NO2/c16-11-2-1-3-12(9-11)21-7-6-19-15(20)10-4-5-13(17)14(18)8-10/h1-5,8-9H,6-7H2,(H,19,20). The second-order valence-electron chi connectivity index (χ2n) is 4.19. The highest BCUT2D eigenvalue weighted by molar-refractivity contribution is 6.42. The highest BCUT2D eigenvalue weighted by Crippen LogP contribution is 2.22. The largest absolute Gasteiger partial charge is 0.492 e. The van der Waals surface area contributed by atoms with E-state index in [2.05, 4.69) is 5.32 Å². The summed E-state index contributed by atoms with van der Waals surface area (Å²) < 4.78 is 5.47. The van der Waals surface area contributed by atoms with Crippen LogP contribution in [0.1, 0.15) is 10.4 Å². The maximum absolute atomic E-state index is 11.9. The van der Waals surface area contributed by atoms with Gasteiger partial charge in [0, 0.05) is 10.6 Å². The molecule has 2 aromatic rings. The number of halogens is 3. The number of carbonyl (C=O) groups excluding carboxylic acids is 1. The van der Waals surface area contributed by atoms with Gasteiger partial charge in [-0.3, -0.25) is 4.79 Å². The highest BCUT2D eigenvalue weighted by Gasteiger charge is 2.07. The lowest BCUT2D eigenvalue weighted by molar-refractivity contribution is 0.0947. The van der Waals surface area contributed by atoms with E-state index in [0.29, 0.717) is 39.5 Å². The van der Waals surface area contributed by atoms with Crippen molar-refractivity contribution in [2.45, 2.75) is 0 Å². The molecule has 0 aliphatic rings. The van der Waals surface area contributed by atoms with Crippen molar-refractivity contribution < 1.29 is 9.53 Å². The predicted octanol–water partition coefficient (Wildman–Crippen LogP) is 4.46. The number of rotatable bonds is 5. The molecule has 3 nitrogen and oxygen atoms in total. The van der Waals surface area contributed by atoms with E-state index < -0.39 is 0 Å². The van der Waals surface area contributed by atoms with Crippen molar-refractivity contribution in [1.82, 2.24) is 5.32 Å². The topological polar surface area (TPSA) is 38.3 Å². The average molecular weight is 345 g/mol. The van der Waals surface area contributed by atoms with Gasteiger partial charge in [0.05, 0.1) is 16.6 Å². The molecule has 0 fully saturated rings. The van der Waals surface area contributed by atoms with Crippen LogP contribution in [0.2, 0.25) is 15.1 Å². The first kappa shape index (κ1) is 16.0. The van der Waals surface area contributed by atoms with Gasteiger partial charge in [-0.05, 0) is 36.4 Å². The molecule has 2 aromatic carbocycles. The summed E-state index contributed by atoms with van der Waals surface area (Å²) in [6.45, 7) is 0.707. The first-order chi connectivity index (χ1) is 10.1. The number of ether oxygens (including phenoxy) is 1. The Morgan fingerprint density at radius 2 is 1.86 bits per heavy atom. The molecule has 1 N–H and O–H groups in total. The van der Waals surface area contributed by atoms with E-state index in [-0.39, 0.29) is 5.91 Å². The molecule has 6 heteroatoms. The zero-order valence-electron chi connectivity index (χ0n) is 10.9. The molecule has 110 valence electrons. The van der Waals surface area contributed by atoms with Crippen molar-refractivity contribution >= 4 is 40.7 Å². The zero-order valence-corrected chi connectivity index (χ0v) is 13.2. The monoisotopic (exact) mass is 343 g/mol. The van der Waals surface area contributed by atoms with Gasteiger partial charge in [0.2, 0.25) is 0 Å². The van der Waals surface area contributed by atoms with E-state index >= 15 is 0 Å². The third kappa shape index (κ3) is 4.81. The fourth-order valence-electron chi connectivity index (χ4n) is 1.63. The maximum atomic E-state index is 11.9. The lowest BCUT2D eigenvalue weighted by Gasteiger charge is -2.08. The Labute approximate surface area is 137 Å². The van der Waals surface area contributed by atoms with E-state index in [1.165, 1.54) is 6.07 Å². The van der Waals surface area contributed by atoms with Gasteiger partial charge in [-0.2, -0.15) is 0 Å². The molecule has 2 rings (SSSR count). The minimum absolute atomic E-state index is 0.233. The maximum Gasteiger partial charge on any atom is 0.251 e. The van der Waals surface area contributed by atoms with Crippen LogP contribution in [0, 0.1) is 0 Å². The van der Waals surface area contributed by atoms with Crippen LogP contribution in [0.4, 0.5) is 0 Å². The molecule has 0 aliphatic carbocycles. The molecule has 0 spiro atoms. The van der Waals surface area contributed by atoms with Gasteiger partial charge in [0.1, 0.15) is 12.4 Å². The van der Waals surface area contributed by atoms with Crippen molar-refractivity contribution in [3.05, 3.63) is 63.1 Å². The SMILES string of the molecule is O=C(NCCOc1cccc(Cl)c1)c1ccc(Cl)c(Cl)c1. The summed E-state index contributed by atoms with van der Waals surface area (Å²) in [7, 11) is 0. The Hall–Kier alpha value is -1.42. The number of carbonyl (C=O) groups is 1. The summed E-state index contributed by atoms with van der Waals surface area (Å²) in [6.07, 6.45) is 0. The molecule has 0 saturated carbocycles. The lowest BCUT2D eigenvalue weighted by atomic mass is 10.2. The normalized spacial score (nSPS) is 10.2. The molecule has 0 atom stereocenters. The van der Waals surface area contributed by atoms with Crippen molar-refractivity contribution in [2.24, 2.45) is 0 Å². The molecular formula is C15H12Cl3NO2. The summed E-state index contributed by atoms with van der Waals surface area (Å²) >= 11 is 17.5. The molecule has 1 amide bonds. The smallest absolute Gasteiger partial charge is 0.251 e. The molecule has 0 bridgehead atoms. The molecule has 0 radical (unpaired) electrons. The van der Waals surface area contributed by atoms with Gasteiger partial charge >= 0.3 is 0 Å². The van der Waals surface area contributed by atoms with Crippen LogP contribution >= 0.6 is 34.8 Å². The number of amides is 1. The minimum Gasteiger partial charge on any atom is -0.492 e. The first-order valence-electron chi connectivity index (χ1n) is 6.18. The van der Waals surface area contributed by atoms with Crippen LogP contribution in [-0.2, 0) is 0 Å². The van der Waals surface area contributed by atoms with Gasteiger partial charge in [-0.15, -0.1) is 0 Å². The number of benzene rings is 2. The van der Waals surface area contributed by atoms with E-state index in [1.54, 1.807) is 36.4 Å². The minimum atomic E-state index is -0.233. The van der Waals surface area contributed by atoms with Crippen molar-refractivity contribution in [3.8, 4) is 5.75 Å². The Balaban J connectivity index is 1.80. The number of hydrogen-bond acceptors (Lipinski definition) is 2. The third-order valence-electron chi connectivity index (χ3n) is 2.63. The Morgan fingerprint density at radius 1 is 1.05 bits per heavy atom. The first-order valence-corrected chi connectivity index (χ1v) is 7.31. The second-order valence-corrected chi connectivity index (χ2v) is 5.44. The summed E-state index contributed by atoms with van der Waals surface area (Å²) in [5.74, 6) is 0.426. The van der Waals surface area contributed by atoms with Gasteiger partial charge in [0.15, 0.2) is 0 Å². The van der Waals surface area contributed by atoms with E-state index in [0.717, 1.165) is 0 Å². The summed E-state index contributed by atoms with van der Waals surface area (Å²) in [4.78, 5) is 11.9. The average Bonchev–Trinajstić information content (AvgIpc) is 2.46. The van der Waals surface area contributed by atoms with Crippen molar-refractivity contribution in [3.63, 3.8) is 0 Å². The molecule has 21 heavy (non-hydrogen) atoms. The van der Waals surface area contributed by atoms with Crippen LogP contribution in [-0.4, -0.2) is 19.1 Å². The predicted molar refractivity (Wildman–Crippen MR) is 85.7 cm³/mol. The van der Waals surface area contributed by atoms with Crippen LogP contribution in [0.15, 0.2) is 42.5 Å². The Morgan fingerprint density at radius 3 is 2.57 bits per heavy atom. The molecule has 0 aliphatic heterocycles. The van der Waals surface area contributed by atoms with Crippen LogP contribution < -0.4 is 10.1 Å². The molecular weight excluding hydrogens is 333 g/mol. The Kier molecular flexibility index (Phi) is 5.74. The zero-order chi connectivity index (χ0) is 15.2. The number of nitrogens with one attached hydrogen (secondary N) is 1. The molecule has 0 unspecified atom stereocenters. The molecule has 0 aromatic heterocycles. The summed E-state index contributed by atoms with van der Waals surface area (Å²) in [5.41, 5.74) is 0.451. The van der Waals surface area contributed by atoms with Gasteiger partial charge in [-0.25, -0.2) is 0 Å². The van der Waals surface area contributed by atoms with Gasteiger partial charge in [-0.1, -0.05) is 40.9 Å². The summed E-state index contributed by atoms with van der Waals surface area (Å²) in [6, 6.07) is 11.8. The fraction of sp³-hybridized carbons (Fsp3) is 0.133. The Bertz CT molecular complexity index is 647. The van der Waals surface area contributed by atoms with Crippen molar-refractivity contribution in [1.29, 1.82) is 0 Å². The lowest BCUT2D eigenvalue weighted by Crippen LogP contribution is -2.28. The molecule has 0 heterocycles. The second kappa shape index (κ2) is 7.55. The van der Waals surface area contributed by atoms with Crippen LogP contribution in [0.3, 0.4) is 0 Å². The number of hydrogen-bond donors (Lipinski definition) is 1. The van der Waals surface area contributed by atoms with E-state index in [9.17, 15) is 4.79 Å². The quantitative estimate of drug-likeness (QED) is 0.814. The van der Waals surface area contributed by atoms with Crippen LogP contribution in [0.25, 0.3) is 0 Å². The van der Waals surface area contributed by atoms with Gasteiger partial charge < -0.3 is 10.1 Å². The van der Waals surface area contributed by atoms with Crippen molar-refractivity contribution in [2.75, 3.05) is 13.2 Å². The fourth-order valence-corrected chi connectivity index (χ4v) is 2.11.